The predicted molar refractivity (Wildman–Crippen MR) is 36.8 cm³/mol. The standard InChI is InChI=1S/C8H8F3/c1-4-3-6(9)8(11)5(2)7(4)10/h3,8H,1-2H3. The summed E-state index contributed by atoms with van der Waals surface area (Å²) < 4.78 is 37.9. The van der Waals surface area contributed by atoms with Crippen molar-refractivity contribution in [1.82, 2.24) is 0 Å². The van der Waals surface area contributed by atoms with Crippen LogP contribution in [0.25, 0.3) is 0 Å². The van der Waals surface area contributed by atoms with E-state index in [0.29, 0.717) is 0 Å². The second kappa shape index (κ2) is 2.72. The smallest absolute Gasteiger partial charge is 0.164 e. The molecule has 0 bridgehead atoms. The Morgan fingerprint density at radius 3 is 2.36 bits per heavy atom. The molecule has 0 N–H and O–H groups in total. The Labute approximate surface area is 63.4 Å². The van der Waals surface area contributed by atoms with Gasteiger partial charge < -0.3 is 0 Å². The number of hydrogen-bond acceptors (Lipinski definition) is 0. The minimum absolute atomic E-state index is 0.147. The Bertz CT molecular complexity index is 227. The largest absolute Gasteiger partial charge is 0.239 e. The van der Waals surface area contributed by atoms with E-state index in [0.717, 1.165) is 6.08 Å². The highest BCUT2D eigenvalue weighted by Crippen LogP contribution is 2.34. The Morgan fingerprint density at radius 1 is 1.27 bits per heavy atom. The molecule has 1 unspecified atom stereocenters. The zero-order valence-electron chi connectivity index (χ0n) is 6.29. The van der Waals surface area contributed by atoms with E-state index in [1.165, 1.54) is 13.8 Å². The van der Waals surface area contributed by atoms with E-state index in [2.05, 4.69) is 0 Å². The van der Waals surface area contributed by atoms with E-state index in [4.69, 9.17) is 0 Å². The molecule has 1 rings (SSSR count). The molecular weight excluding hydrogens is 153 g/mol. The van der Waals surface area contributed by atoms with Gasteiger partial charge in [0.15, 0.2) is 6.17 Å². The fourth-order valence-electron chi connectivity index (χ4n) is 0.972. The van der Waals surface area contributed by atoms with E-state index in [1.54, 1.807) is 0 Å². The van der Waals surface area contributed by atoms with Crippen molar-refractivity contribution in [3.8, 4) is 0 Å². The fraction of sp³-hybridized carbons (Fsp3) is 0.375. The van der Waals surface area contributed by atoms with E-state index in [9.17, 15) is 13.2 Å². The minimum Gasteiger partial charge on any atom is -0.239 e. The SMILES string of the molecule is C[C]1C(F)=C(C)C=C(F)C1F. The molecule has 0 aromatic carbocycles. The first-order chi connectivity index (χ1) is 5.04. The molecule has 1 radical (unpaired) electrons. The second-order valence-electron chi connectivity index (χ2n) is 2.57. The lowest BCUT2D eigenvalue weighted by atomic mass is 9.95. The molecule has 0 aromatic rings. The van der Waals surface area contributed by atoms with Crippen molar-refractivity contribution >= 4 is 0 Å². The first kappa shape index (κ1) is 8.37. The van der Waals surface area contributed by atoms with Gasteiger partial charge in [-0.05, 0) is 25.5 Å². The third kappa shape index (κ3) is 1.32. The van der Waals surface area contributed by atoms with Crippen LogP contribution in [0, 0.1) is 5.92 Å². The molecule has 11 heavy (non-hydrogen) atoms. The average molecular weight is 161 g/mol. The Morgan fingerprint density at radius 2 is 1.82 bits per heavy atom. The van der Waals surface area contributed by atoms with Crippen molar-refractivity contribution < 1.29 is 13.2 Å². The number of alkyl halides is 1. The molecule has 61 valence electrons. The Hall–Kier alpha value is -0.730. The molecule has 0 aliphatic heterocycles. The molecule has 0 amide bonds. The van der Waals surface area contributed by atoms with Gasteiger partial charge in [-0.1, -0.05) is 0 Å². The van der Waals surface area contributed by atoms with Crippen molar-refractivity contribution in [2.24, 2.45) is 0 Å². The minimum atomic E-state index is -1.89. The molecule has 0 aromatic heterocycles. The van der Waals surface area contributed by atoms with E-state index in [-0.39, 0.29) is 11.5 Å². The van der Waals surface area contributed by atoms with Crippen LogP contribution in [0.4, 0.5) is 13.2 Å². The molecule has 1 atom stereocenters. The lowest BCUT2D eigenvalue weighted by Gasteiger charge is -2.18. The van der Waals surface area contributed by atoms with Gasteiger partial charge in [-0.2, -0.15) is 0 Å². The molecule has 0 heterocycles. The van der Waals surface area contributed by atoms with Gasteiger partial charge in [-0.15, -0.1) is 0 Å². The van der Waals surface area contributed by atoms with Crippen molar-refractivity contribution in [2.45, 2.75) is 20.0 Å². The van der Waals surface area contributed by atoms with Gasteiger partial charge >= 0.3 is 0 Å². The predicted octanol–water partition coefficient (Wildman–Crippen LogP) is 3.03. The number of allylic oxidation sites excluding steroid dienone is 4. The molecule has 0 saturated heterocycles. The van der Waals surface area contributed by atoms with Crippen molar-refractivity contribution in [3.05, 3.63) is 29.2 Å². The van der Waals surface area contributed by atoms with E-state index < -0.39 is 17.8 Å². The Kier molecular flexibility index (Phi) is 2.07. The topological polar surface area (TPSA) is 0 Å². The maximum Gasteiger partial charge on any atom is 0.164 e. The highest BCUT2D eigenvalue weighted by atomic mass is 19.2. The van der Waals surface area contributed by atoms with Crippen molar-refractivity contribution in [3.63, 3.8) is 0 Å². The van der Waals surface area contributed by atoms with Gasteiger partial charge in [0.05, 0.1) is 5.92 Å². The van der Waals surface area contributed by atoms with Gasteiger partial charge in [0.25, 0.3) is 0 Å². The van der Waals surface area contributed by atoms with Crippen LogP contribution in [0.2, 0.25) is 0 Å². The maximum atomic E-state index is 12.8. The molecule has 0 spiro atoms. The lowest BCUT2D eigenvalue weighted by molar-refractivity contribution is 0.324. The summed E-state index contributed by atoms with van der Waals surface area (Å²) in [6.07, 6.45) is -1.01. The van der Waals surface area contributed by atoms with E-state index in [1.807, 2.05) is 0 Å². The molecule has 0 saturated carbocycles. The molecule has 0 nitrogen and oxygen atoms in total. The summed E-state index contributed by atoms with van der Waals surface area (Å²) in [4.78, 5) is 0. The zero-order chi connectivity index (χ0) is 8.59. The van der Waals surface area contributed by atoms with Gasteiger partial charge in [-0.3, -0.25) is 0 Å². The van der Waals surface area contributed by atoms with Gasteiger partial charge in [0.1, 0.15) is 11.7 Å². The third-order valence-electron chi connectivity index (χ3n) is 1.67. The molecule has 1 aliphatic carbocycles. The summed E-state index contributed by atoms with van der Waals surface area (Å²) in [6.45, 7) is 2.65. The summed E-state index contributed by atoms with van der Waals surface area (Å²) in [6, 6.07) is 0. The summed E-state index contributed by atoms with van der Waals surface area (Å²) in [5, 5.41) is 0. The van der Waals surface area contributed by atoms with Crippen LogP contribution in [-0.4, -0.2) is 6.17 Å². The average Bonchev–Trinajstić information content (AvgIpc) is 1.97. The highest BCUT2D eigenvalue weighted by molar-refractivity contribution is 5.40. The van der Waals surface area contributed by atoms with Gasteiger partial charge in [-0.25, -0.2) is 13.2 Å². The van der Waals surface area contributed by atoms with Crippen molar-refractivity contribution in [1.29, 1.82) is 0 Å². The zero-order valence-corrected chi connectivity index (χ0v) is 6.29. The van der Waals surface area contributed by atoms with Crippen LogP contribution in [0.15, 0.2) is 23.3 Å². The van der Waals surface area contributed by atoms with Crippen molar-refractivity contribution in [2.75, 3.05) is 0 Å². The quantitative estimate of drug-likeness (QED) is 0.512. The summed E-state index contributed by atoms with van der Waals surface area (Å²) in [5.74, 6) is -1.73. The number of halogens is 3. The van der Waals surface area contributed by atoms with Crippen LogP contribution in [-0.2, 0) is 0 Å². The maximum absolute atomic E-state index is 12.8. The van der Waals surface area contributed by atoms with Crippen LogP contribution in [0.3, 0.4) is 0 Å². The fourth-order valence-corrected chi connectivity index (χ4v) is 0.972. The van der Waals surface area contributed by atoms with Gasteiger partial charge in [0, 0.05) is 0 Å². The lowest BCUT2D eigenvalue weighted by Crippen LogP contribution is -2.16. The number of hydrogen-bond donors (Lipinski definition) is 0. The van der Waals surface area contributed by atoms with Crippen LogP contribution >= 0.6 is 0 Å². The monoisotopic (exact) mass is 161 g/mol. The van der Waals surface area contributed by atoms with Crippen LogP contribution < -0.4 is 0 Å². The van der Waals surface area contributed by atoms with E-state index >= 15 is 0 Å². The molecule has 1 aliphatic rings. The summed E-state index contributed by atoms with van der Waals surface area (Å²) in [7, 11) is 0. The molecular formula is C8H8F3. The summed E-state index contributed by atoms with van der Waals surface area (Å²) in [5.41, 5.74) is 0.147. The highest BCUT2D eigenvalue weighted by Gasteiger charge is 2.30. The van der Waals surface area contributed by atoms with Crippen LogP contribution in [0.1, 0.15) is 13.8 Å². The first-order valence-electron chi connectivity index (χ1n) is 3.25. The normalized spacial score (nSPS) is 27.4. The Balaban J connectivity index is 3.01. The number of rotatable bonds is 0. The summed E-state index contributed by atoms with van der Waals surface area (Å²) >= 11 is 0. The van der Waals surface area contributed by atoms with Gasteiger partial charge in [0.2, 0.25) is 0 Å². The second-order valence-corrected chi connectivity index (χ2v) is 2.57. The first-order valence-corrected chi connectivity index (χ1v) is 3.25. The molecule has 3 heteroatoms. The third-order valence-corrected chi connectivity index (χ3v) is 1.67. The van der Waals surface area contributed by atoms with Crippen LogP contribution in [0.5, 0.6) is 0 Å². The molecule has 0 fully saturated rings.